The van der Waals surface area contributed by atoms with Crippen molar-refractivity contribution in [3.05, 3.63) is 0 Å². The maximum atomic E-state index is 12.0. The number of unbranched alkanes of at least 4 members (excludes halogenated alkanes) is 5. The fourth-order valence-corrected chi connectivity index (χ4v) is 3.06. The van der Waals surface area contributed by atoms with Gasteiger partial charge in [-0.1, -0.05) is 12.8 Å². The molecule has 0 saturated carbocycles. The standard InChI is InChI=1S/C21H38ClN5O5/c1-16(28)24-13-7-3-5-12-19(30)27-17(20(23)31)10-6-9-14-25-18(29)11-4-2-8-15-26-21(22)32/h17H,2-15H2,1H3,(H2,23,31)(H,24,28)(H,25,29)(H,26,32)(H,27,30). The predicted molar refractivity (Wildman–Crippen MR) is 123 cm³/mol. The lowest BCUT2D eigenvalue weighted by Gasteiger charge is -2.15. The van der Waals surface area contributed by atoms with Crippen LogP contribution < -0.4 is 27.0 Å². The first-order valence-electron chi connectivity index (χ1n) is 11.3. The third-order valence-corrected chi connectivity index (χ3v) is 4.85. The number of halogens is 1. The first kappa shape index (κ1) is 29.6. The van der Waals surface area contributed by atoms with Gasteiger partial charge >= 0.3 is 5.37 Å². The van der Waals surface area contributed by atoms with Crippen molar-refractivity contribution in [2.75, 3.05) is 19.6 Å². The van der Waals surface area contributed by atoms with Gasteiger partial charge in [0.25, 0.3) is 0 Å². The van der Waals surface area contributed by atoms with E-state index in [1.54, 1.807) is 0 Å². The molecule has 0 rings (SSSR count). The average Bonchev–Trinajstić information content (AvgIpc) is 2.71. The molecule has 10 nitrogen and oxygen atoms in total. The number of nitrogens with one attached hydrogen (secondary N) is 4. The summed E-state index contributed by atoms with van der Waals surface area (Å²) in [7, 11) is 0. The second-order valence-corrected chi connectivity index (χ2v) is 8.02. The zero-order valence-corrected chi connectivity index (χ0v) is 19.7. The largest absolute Gasteiger partial charge is 0.368 e. The molecule has 0 saturated heterocycles. The molecule has 0 aliphatic heterocycles. The molecule has 0 bridgehead atoms. The Labute approximate surface area is 195 Å². The van der Waals surface area contributed by atoms with Gasteiger partial charge in [-0.2, -0.15) is 0 Å². The molecule has 5 amide bonds. The summed E-state index contributed by atoms with van der Waals surface area (Å²) in [6, 6.07) is -0.717. The van der Waals surface area contributed by atoms with E-state index in [0.717, 1.165) is 32.1 Å². The van der Waals surface area contributed by atoms with Crippen LogP contribution in [-0.2, 0) is 19.2 Å². The lowest BCUT2D eigenvalue weighted by atomic mass is 10.1. The van der Waals surface area contributed by atoms with E-state index in [2.05, 4.69) is 21.3 Å². The number of hydrogen-bond donors (Lipinski definition) is 5. The van der Waals surface area contributed by atoms with Crippen molar-refractivity contribution in [3.8, 4) is 0 Å². The molecular formula is C21H38ClN5O5. The van der Waals surface area contributed by atoms with Crippen molar-refractivity contribution in [2.24, 2.45) is 5.73 Å². The van der Waals surface area contributed by atoms with Gasteiger partial charge in [-0.15, -0.1) is 0 Å². The molecule has 0 aliphatic carbocycles. The van der Waals surface area contributed by atoms with Crippen LogP contribution in [0.15, 0.2) is 0 Å². The Hall–Kier alpha value is -2.36. The van der Waals surface area contributed by atoms with Crippen LogP contribution in [0.3, 0.4) is 0 Å². The van der Waals surface area contributed by atoms with Gasteiger partial charge in [0.1, 0.15) is 6.04 Å². The van der Waals surface area contributed by atoms with E-state index >= 15 is 0 Å². The molecular weight excluding hydrogens is 438 g/mol. The van der Waals surface area contributed by atoms with Gasteiger partial charge < -0.3 is 27.0 Å². The molecule has 0 fully saturated rings. The summed E-state index contributed by atoms with van der Waals surface area (Å²) < 4.78 is 0. The quantitative estimate of drug-likeness (QED) is 0.108. The number of amides is 5. The minimum atomic E-state index is -0.717. The summed E-state index contributed by atoms with van der Waals surface area (Å²) in [5, 5.41) is 10.1. The molecule has 0 radical (unpaired) electrons. The molecule has 0 spiro atoms. The Morgan fingerprint density at radius 1 is 0.719 bits per heavy atom. The molecule has 0 heterocycles. The molecule has 0 aliphatic rings. The molecule has 184 valence electrons. The van der Waals surface area contributed by atoms with Crippen molar-refractivity contribution >= 4 is 40.6 Å². The van der Waals surface area contributed by atoms with E-state index < -0.39 is 17.3 Å². The Morgan fingerprint density at radius 3 is 1.81 bits per heavy atom. The third-order valence-electron chi connectivity index (χ3n) is 4.72. The van der Waals surface area contributed by atoms with Crippen molar-refractivity contribution in [1.82, 2.24) is 21.3 Å². The number of carbonyl (C=O) groups is 5. The second-order valence-electron chi connectivity index (χ2n) is 7.67. The monoisotopic (exact) mass is 475 g/mol. The zero-order chi connectivity index (χ0) is 24.2. The van der Waals surface area contributed by atoms with Crippen molar-refractivity contribution in [2.45, 2.75) is 83.6 Å². The van der Waals surface area contributed by atoms with E-state index in [1.807, 2.05) is 0 Å². The van der Waals surface area contributed by atoms with Crippen LogP contribution in [0.1, 0.15) is 77.6 Å². The van der Waals surface area contributed by atoms with Gasteiger partial charge in [0.05, 0.1) is 0 Å². The van der Waals surface area contributed by atoms with Crippen molar-refractivity contribution in [1.29, 1.82) is 0 Å². The van der Waals surface area contributed by atoms with Crippen LogP contribution >= 0.6 is 11.6 Å². The molecule has 1 atom stereocenters. The SMILES string of the molecule is CC(=O)NCCCCCC(=O)NC(CCCCNC(=O)CCCCCNC(=O)Cl)C(N)=O. The van der Waals surface area contributed by atoms with E-state index in [9.17, 15) is 24.0 Å². The van der Waals surface area contributed by atoms with E-state index in [1.165, 1.54) is 6.92 Å². The fourth-order valence-electron chi connectivity index (χ4n) is 2.97. The summed E-state index contributed by atoms with van der Waals surface area (Å²) in [5.74, 6) is -0.895. The smallest absolute Gasteiger partial charge is 0.313 e. The summed E-state index contributed by atoms with van der Waals surface area (Å²) in [5.41, 5.74) is 5.38. The highest BCUT2D eigenvalue weighted by Gasteiger charge is 2.17. The molecule has 1 unspecified atom stereocenters. The van der Waals surface area contributed by atoms with Crippen molar-refractivity contribution in [3.63, 3.8) is 0 Å². The number of nitrogens with two attached hydrogens (primary N) is 1. The van der Waals surface area contributed by atoms with Gasteiger partial charge in [-0.05, 0) is 56.5 Å². The highest BCUT2D eigenvalue weighted by Crippen LogP contribution is 2.04. The first-order valence-corrected chi connectivity index (χ1v) is 11.6. The maximum Gasteiger partial charge on any atom is 0.313 e. The lowest BCUT2D eigenvalue weighted by Crippen LogP contribution is -2.44. The van der Waals surface area contributed by atoms with Gasteiger partial charge in [0, 0.05) is 39.4 Å². The Bertz CT molecular complexity index is 603. The maximum absolute atomic E-state index is 12.0. The molecule has 11 heteroatoms. The summed E-state index contributed by atoms with van der Waals surface area (Å²) in [4.78, 5) is 56.6. The van der Waals surface area contributed by atoms with Crippen LogP contribution in [0.25, 0.3) is 0 Å². The second kappa shape index (κ2) is 19.3. The topological polar surface area (TPSA) is 159 Å². The number of rotatable bonds is 19. The van der Waals surface area contributed by atoms with E-state index in [-0.39, 0.29) is 17.7 Å². The van der Waals surface area contributed by atoms with Crippen LogP contribution in [0.4, 0.5) is 4.79 Å². The highest BCUT2D eigenvalue weighted by atomic mass is 35.5. The average molecular weight is 476 g/mol. The zero-order valence-electron chi connectivity index (χ0n) is 19.0. The Morgan fingerprint density at radius 2 is 1.25 bits per heavy atom. The van der Waals surface area contributed by atoms with E-state index in [4.69, 9.17) is 17.3 Å². The predicted octanol–water partition coefficient (Wildman–Crippen LogP) is 1.45. The summed E-state index contributed by atoms with van der Waals surface area (Å²) >= 11 is 5.16. The van der Waals surface area contributed by atoms with Crippen LogP contribution in [0, 0.1) is 0 Å². The molecule has 0 aromatic rings. The Kier molecular flexibility index (Phi) is 17.9. The molecule has 6 N–H and O–H groups in total. The number of carbonyl (C=O) groups excluding carboxylic acids is 5. The molecule has 32 heavy (non-hydrogen) atoms. The lowest BCUT2D eigenvalue weighted by molar-refractivity contribution is -0.127. The van der Waals surface area contributed by atoms with Gasteiger partial charge in [0.2, 0.25) is 23.6 Å². The summed E-state index contributed by atoms with van der Waals surface area (Å²) in [6.45, 7) is 3.04. The van der Waals surface area contributed by atoms with Crippen molar-refractivity contribution < 1.29 is 24.0 Å². The Balaban J connectivity index is 3.80. The first-order chi connectivity index (χ1) is 15.2. The van der Waals surface area contributed by atoms with Gasteiger partial charge in [-0.25, -0.2) is 0 Å². The molecule has 0 aromatic heterocycles. The number of hydrogen-bond acceptors (Lipinski definition) is 5. The summed E-state index contributed by atoms with van der Waals surface area (Å²) in [6.07, 6.45) is 7.05. The fraction of sp³-hybridized carbons (Fsp3) is 0.762. The van der Waals surface area contributed by atoms with Crippen LogP contribution in [0.2, 0.25) is 0 Å². The van der Waals surface area contributed by atoms with Crippen LogP contribution in [-0.4, -0.2) is 54.7 Å². The highest BCUT2D eigenvalue weighted by molar-refractivity contribution is 6.62. The third kappa shape index (κ3) is 19.6. The van der Waals surface area contributed by atoms with E-state index in [0.29, 0.717) is 58.2 Å². The minimum Gasteiger partial charge on any atom is -0.368 e. The van der Waals surface area contributed by atoms with Crippen LogP contribution in [0.5, 0.6) is 0 Å². The van der Waals surface area contributed by atoms with Gasteiger partial charge in [-0.3, -0.25) is 24.0 Å². The van der Waals surface area contributed by atoms with Gasteiger partial charge in [0.15, 0.2) is 0 Å². The molecule has 0 aromatic carbocycles. The minimum absolute atomic E-state index is 0.0374. The normalized spacial score (nSPS) is 11.3. The number of primary amides is 1.